The summed E-state index contributed by atoms with van der Waals surface area (Å²) in [5, 5.41) is 14.7. The summed E-state index contributed by atoms with van der Waals surface area (Å²) in [4.78, 5) is 24.1. The Morgan fingerprint density at radius 3 is 2.54 bits per heavy atom. The zero-order chi connectivity index (χ0) is 16.9. The molecule has 7 nitrogen and oxygen atoms in total. The van der Waals surface area contributed by atoms with Crippen molar-refractivity contribution in [2.75, 3.05) is 5.32 Å². The summed E-state index contributed by atoms with van der Waals surface area (Å²) in [5.41, 5.74) is 0.947. The van der Waals surface area contributed by atoms with Gasteiger partial charge in [-0.1, -0.05) is 35.5 Å². The van der Waals surface area contributed by atoms with Crippen molar-refractivity contribution in [1.82, 2.24) is 15.0 Å². The molecule has 0 aliphatic heterocycles. The van der Waals surface area contributed by atoms with Crippen LogP contribution in [0.2, 0.25) is 0 Å². The van der Waals surface area contributed by atoms with Crippen LogP contribution in [0, 0.1) is 17.0 Å². The molecule has 2 aromatic heterocycles. The molecule has 0 atom stereocenters. The Kier molecular flexibility index (Phi) is 4.66. The van der Waals surface area contributed by atoms with Crippen molar-refractivity contribution in [3.63, 3.8) is 0 Å². The van der Waals surface area contributed by atoms with Crippen LogP contribution in [0.1, 0.15) is 5.56 Å². The maximum Gasteiger partial charge on any atom is 0.343 e. The van der Waals surface area contributed by atoms with Crippen LogP contribution >= 0.6 is 11.8 Å². The van der Waals surface area contributed by atoms with Gasteiger partial charge in [-0.2, -0.15) is 0 Å². The first-order valence-electron chi connectivity index (χ1n) is 7.05. The highest BCUT2D eigenvalue weighted by molar-refractivity contribution is 7.99. The van der Waals surface area contributed by atoms with E-state index in [1.165, 1.54) is 18.1 Å². The second-order valence-corrected chi connectivity index (χ2v) is 5.95. The van der Waals surface area contributed by atoms with Crippen molar-refractivity contribution < 1.29 is 4.92 Å². The summed E-state index contributed by atoms with van der Waals surface area (Å²) < 4.78 is 0. The Morgan fingerprint density at radius 1 is 1.08 bits per heavy atom. The first-order valence-corrected chi connectivity index (χ1v) is 7.87. The number of pyridine rings is 1. The van der Waals surface area contributed by atoms with Gasteiger partial charge >= 0.3 is 5.69 Å². The maximum absolute atomic E-state index is 11.5. The Morgan fingerprint density at radius 2 is 1.88 bits per heavy atom. The van der Waals surface area contributed by atoms with Gasteiger partial charge < -0.3 is 5.32 Å². The molecular weight excluding hydrogens is 326 g/mol. The van der Waals surface area contributed by atoms with Crippen LogP contribution in [0.4, 0.5) is 17.3 Å². The molecule has 0 bridgehead atoms. The number of nitrogens with one attached hydrogen (secondary N) is 1. The third-order valence-corrected chi connectivity index (χ3v) is 4.12. The van der Waals surface area contributed by atoms with Gasteiger partial charge in [-0.15, -0.1) is 0 Å². The molecule has 24 heavy (non-hydrogen) atoms. The molecule has 0 fully saturated rings. The second-order valence-electron chi connectivity index (χ2n) is 4.89. The van der Waals surface area contributed by atoms with Gasteiger partial charge in [0.25, 0.3) is 0 Å². The number of hydrogen-bond acceptors (Lipinski definition) is 7. The first-order chi connectivity index (χ1) is 11.6. The lowest BCUT2D eigenvalue weighted by Gasteiger charge is -2.07. The van der Waals surface area contributed by atoms with E-state index in [0.29, 0.717) is 5.82 Å². The summed E-state index contributed by atoms with van der Waals surface area (Å²) in [5.74, 6) is 0.592. The van der Waals surface area contributed by atoms with Crippen molar-refractivity contribution in [3.05, 3.63) is 70.7 Å². The van der Waals surface area contributed by atoms with Crippen molar-refractivity contribution in [2.24, 2.45) is 0 Å². The van der Waals surface area contributed by atoms with Crippen LogP contribution < -0.4 is 5.32 Å². The van der Waals surface area contributed by atoms with Gasteiger partial charge in [0.15, 0.2) is 5.03 Å². The molecule has 0 unspecified atom stereocenters. The lowest BCUT2D eigenvalue weighted by Crippen LogP contribution is -2.03. The second kappa shape index (κ2) is 7.05. The smallest absolute Gasteiger partial charge is 0.319 e. The number of aromatic nitrogens is 3. The molecule has 0 saturated heterocycles. The monoisotopic (exact) mass is 339 g/mol. The molecule has 3 rings (SSSR count). The SMILES string of the molecule is Cc1ccc(Sc2ncnc(Nc3ccccn3)c2[N+](=O)[O-])cc1. The highest BCUT2D eigenvalue weighted by Gasteiger charge is 2.24. The maximum atomic E-state index is 11.5. The number of anilines is 2. The van der Waals surface area contributed by atoms with Gasteiger partial charge in [0, 0.05) is 11.1 Å². The van der Waals surface area contributed by atoms with Crippen LogP contribution in [0.25, 0.3) is 0 Å². The van der Waals surface area contributed by atoms with E-state index in [1.807, 2.05) is 31.2 Å². The minimum absolute atomic E-state index is 0.114. The van der Waals surface area contributed by atoms with Crippen molar-refractivity contribution in [2.45, 2.75) is 16.8 Å². The molecule has 2 heterocycles. The van der Waals surface area contributed by atoms with Gasteiger partial charge in [0.05, 0.1) is 4.92 Å². The van der Waals surface area contributed by atoms with E-state index < -0.39 is 4.92 Å². The van der Waals surface area contributed by atoms with E-state index in [9.17, 15) is 10.1 Å². The average Bonchev–Trinajstić information content (AvgIpc) is 2.58. The number of rotatable bonds is 5. The number of nitrogens with zero attached hydrogens (tertiary/aromatic N) is 4. The molecule has 1 N–H and O–H groups in total. The lowest BCUT2D eigenvalue weighted by atomic mass is 10.2. The van der Waals surface area contributed by atoms with Gasteiger partial charge in [-0.05, 0) is 31.2 Å². The third-order valence-electron chi connectivity index (χ3n) is 3.12. The molecule has 8 heteroatoms. The Hall–Kier alpha value is -3.00. The van der Waals surface area contributed by atoms with Gasteiger partial charge in [0.1, 0.15) is 12.1 Å². The van der Waals surface area contributed by atoms with E-state index >= 15 is 0 Å². The summed E-state index contributed by atoms with van der Waals surface area (Å²) in [6.07, 6.45) is 2.89. The quantitative estimate of drug-likeness (QED) is 0.427. The standard InChI is InChI=1S/C16H13N5O2S/c1-11-5-7-12(8-6-11)24-16-14(21(22)23)15(18-10-19-16)20-13-4-2-3-9-17-13/h2-10H,1H3,(H,17,18,19,20). The number of hydrogen-bond donors (Lipinski definition) is 1. The predicted octanol–water partition coefficient (Wildman–Crippen LogP) is 3.98. The largest absolute Gasteiger partial charge is 0.343 e. The minimum atomic E-state index is -0.484. The van der Waals surface area contributed by atoms with Gasteiger partial charge in [-0.25, -0.2) is 15.0 Å². The predicted molar refractivity (Wildman–Crippen MR) is 91.5 cm³/mol. The van der Waals surface area contributed by atoms with E-state index in [1.54, 1.807) is 24.4 Å². The molecule has 0 saturated carbocycles. The summed E-state index contributed by atoms with van der Waals surface area (Å²) in [6, 6.07) is 12.9. The molecule has 0 aliphatic carbocycles. The fraction of sp³-hybridized carbons (Fsp3) is 0.0625. The van der Waals surface area contributed by atoms with Gasteiger partial charge in [0.2, 0.25) is 5.82 Å². The highest BCUT2D eigenvalue weighted by atomic mass is 32.2. The third kappa shape index (κ3) is 3.66. The molecular formula is C16H13N5O2S. The van der Waals surface area contributed by atoms with Crippen LogP contribution in [-0.2, 0) is 0 Å². The van der Waals surface area contributed by atoms with E-state index in [4.69, 9.17) is 0 Å². The lowest BCUT2D eigenvalue weighted by molar-refractivity contribution is -0.387. The minimum Gasteiger partial charge on any atom is -0.319 e. The molecule has 120 valence electrons. The molecule has 1 aromatic carbocycles. The number of benzene rings is 1. The van der Waals surface area contributed by atoms with Crippen LogP contribution in [0.3, 0.4) is 0 Å². The summed E-state index contributed by atoms with van der Waals surface area (Å²) in [7, 11) is 0. The number of nitro groups is 1. The van der Waals surface area contributed by atoms with Crippen LogP contribution in [0.5, 0.6) is 0 Å². The van der Waals surface area contributed by atoms with E-state index in [0.717, 1.165) is 10.5 Å². The normalized spacial score (nSPS) is 10.4. The molecule has 0 spiro atoms. The van der Waals surface area contributed by atoms with Crippen molar-refractivity contribution in [3.8, 4) is 0 Å². The van der Waals surface area contributed by atoms with Gasteiger partial charge in [-0.3, -0.25) is 10.1 Å². The Bertz CT molecular complexity index is 856. The van der Waals surface area contributed by atoms with Crippen LogP contribution in [0.15, 0.2) is 64.9 Å². The summed E-state index contributed by atoms with van der Waals surface area (Å²) in [6.45, 7) is 1.98. The van der Waals surface area contributed by atoms with E-state index in [-0.39, 0.29) is 16.5 Å². The Balaban J connectivity index is 1.96. The Labute approximate surface area is 142 Å². The van der Waals surface area contributed by atoms with Crippen molar-refractivity contribution >= 4 is 29.1 Å². The molecule has 3 aromatic rings. The highest BCUT2D eigenvalue weighted by Crippen LogP contribution is 2.37. The van der Waals surface area contributed by atoms with E-state index in [2.05, 4.69) is 20.3 Å². The topological polar surface area (TPSA) is 93.8 Å². The average molecular weight is 339 g/mol. The number of aryl methyl sites for hydroxylation is 1. The fourth-order valence-electron chi connectivity index (χ4n) is 1.97. The molecule has 0 aliphatic rings. The van der Waals surface area contributed by atoms with Crippen molar-refractivity contribution in [1.29, 1.82) is 0 Å². The first kappa shape index (κ1) is 15.9. The zero-order valence-electron chi connectivity index (χ0n) is 12.7. The fourth-order valence-corrected chi connectivity index (χ4v) is 2.83. The molecule has 0 amide bonds. The molecule has 0 radical (unpaired) electrons. The van der Waals surface area contributed by atoms with Crippen LogP contribution in [-0.4, -0.2) is 19.9 Å². The summed E-state index contributed by atoms with van der Waals surface area (Å²) >= 11 is 1.22. The zero-order valence-corrected chi connectivity index (χ0v) is 13.5.